The highest BCUT2D eigenvalue weighted by Gasteiger charge is 2.13. The van der Waals surface area contributed by atoms with Crippen LogP contribution in [0.25, 0.3) is 0 Å². The van der Waals surface area contributed by atoms with Crippen LogP contribution in [0.15, 0.2) is 11.8 Å². The Hall–Kier alpha value is -2.03. The molecule has 0 aromatic rings. The predicted octanol–water partition coefficient (Wildman–Crippen LogP) is 0.228. The van der Waals surface area contributed by atoms with Crippen LogP contribution in [-0.2, 0) is 9.53 Å². The number of hydrogen-bond acceptors (Lipinski definition) is 5. The Morgan fingerprint density at radius 1 is 1.53 bits per heavy atom. The van der Waals surface area contributed by atoms with Gasteiger partial charge in [-0.2, -0.15) is 5.26 Å². The molecule has 0 aliphatic rings. The molecule has 82 valence electrons. The van der Waals surface area contributed by atoms with Gasteiger partial charge in [-0.3, -0.25) is 10.1 Å². The molecule has 0 spiro atoms. The molecule has 6 nitrogen and oxygen atoms in total. The van der Waals surface area contributed by atoms with Crippen molar-refractivity contribution < 1.29 is 14.3 Å². The van der Waals surface area contributed by atoms with E-state index >= 15 is 0 Å². The van der Waals surface area contributed by atoms with Crippen LogP contribution in [0.1, 0.15) is 6.92 Å². The Labute approximate surface area is 88.1 Å². The second-order valence-corrected chi connectivity index (χ2v) is 2.79. The summed E-state index contributed by atoms with van der Waals surface area (Å²) in [5.41, 5.74) is -0.159. The van der Waals surface area contributed by atoms with E-state index in [0.717, 1.165) is 0 Å². The first kappa shape index (κ1) is 13.0. The van der Waals surface area contributed by atoms with Crippen LogP contribution in [0.2, 0.25) is 0 Å². The van der Waals surface area contributed by atoms with E-state index in [0.29, 0.717) is 0 Å². The van der Waals surface area contributed by atoms with Crippen LogP contribution in [0, 0.1) is 11.3 Å². The molecule has 0 bridgehead atoms. The molecular weight excluding hydrogens is 198 g/mol. The number of ether oxygens (including phenoxy) is 1. The topological polar surface area (TPSA) is 82.4 Å². The summed E-state index contributed by atoms with van der Waals surface area (Å²) >= 11 is 0. The van der Waals surface area contributed by atoms with E-state index in [4.69, 9.17) is 5.26 Å². The van der Waals surface area contributed by atoms with Crippen LogP contribution in [0.3, 0.4) is 0 Å². The molecule has 6 heteroatoms. The summed E-state index contributed by atoms with van der Waals surface area (Å²) in [4.78, 5) is 23.7. The molecule has 0 atom stereocenters. The minimum absolute atomic E-state index is 0.159. The minimum Gasteiger partial charge on any atom is -0.450 e. The van der Waals surface area contributed by atoms with E-state index in [1.165, 1.54) is 11.1 Å². The van der Waals surface area contributed by atoms with Crippen LogP contribution in [0.4, 0.5) is 4.79 Å². The van der Waals surface area contributed by atoms with Crippen molar-refractivity contribution >= 4 is 12.0 Å². The monoisotopic (exact) mass is 211 g/mol. The molecule has 0 unspecified atom stereocenters. The summed E-state index contributed by atoms with van der Waals surface area (Å²) in [7, 11) is 3.32. The first-order valence-corrected chi connectivity index (χ1v) is 4.27. The number of carbonyl (C=O) groups excluding carboxylic acids is 2. The van der Waals surface area contributed by atoms with Crippen molar-refractivity contribution in [1.82, 2.24) is 10.2 Å². The Morgan fingerprint density at radius 2 is 2.13 bits per heavy atom. The number of alkyl carbamates (subject to hydrolysis) is 1. The first-order chi connectivity index (χ1) is 7.01. The van der Waals surface area contributed by atoms with Crippen molar-refractivity contribution in [2.24, 2.45) is 0 Å². The highest BCUT2D eigenvalue weighted by molar-refractivity contribution is 6.04. The normalized spacial score (nSPS) is 10.1. The lowest BCUT2D eigenvalue weighted by Crippen LogP contribution is -2.32. The van der Waals surface area contributed by atoms with E-state index in [2.05, 4.69) is 4.74 Å². The lowest BCUT2D eigenvalue weighted by Gasteiger charge is -2.06. The quantitative estimate of drug-likeness (QED) is 0.533. The van der Waals surface area contributed by atoms with Gasteiger partial charge in [-0.1, -0.05) is 0 Å². The van der Waals surface area contributed by atoms with Crippen molar-refractivity contribution in [1.29, 1.82) is 5.26 Å². The number of imide groups is 1. The highest BCUT2D eigenvalue weighted by atomic mass is 16.5. The van der Waals surface area contributed by atoms with E-state index in [1.54, 1.807) is 27.1 Å². The molecule has 0 aromatic carbocycles. The molecular formula is C9H13N3O3. The summed E-state index contributed by atoms with van der Waals surface area (Å²) in [6.45, 7) is 1.78. The maximum atomic E-state index is 11.3. The van der Waals surface area contributed by atoms with Gasteiger partial charge in [-0.25, -0.2) is 4.79 Å². The molecule has 0 aliphatic heterocycles. The van der Waals surface area contributed by atoms with Gasteiger partial charge in [-0.15, -0.1) is 0 Å². The largest absolute Gasteiger partial charge is 0.450 e. The van der Waals surface area contributed by atoms with E-state index in [-0.39, 0.29) is 12.2 Å². The average Bonchev–Trinajstić information content (AvgIpc) is 2.13. The fourth-order valence-electron chi connectivity index (χ4n) is 0.724. The fourth-order valence-corrected chi connectivity index (χ4v) is 0.724. The molecule has 0 aromatic heterocycles. The number of nitrogens with zero attached hydrogens (tertiary/aromatic N) is 2. The van der Waals surface area contributed by atoms with Crippen molar-refractivity contribution in [3.05, 3.63) is 11.8 Å². The van der Waals surface area contributed by atoms with Gasteiger partial charge < -0.3 is 9.64 Å². The number of hydrogen-bond donors (Lipinski definition) is 1. The Morgan fingerprint density at radius 3 is 2.53 bits per heavy atom. The van der Waals surface area contributed by atoms with Crippen molar-refractivity contribution in [2.45, 2.75) is 6.92 Å². The smallest absolute Gasteiger partial charge is 0.414 e. The minimum atomic E-state index is -0.859. The number of nitriles is 1. The highest BCUT2D eigenvalue weighted by Crippen LogP contribution is 1.94. The SMILES string of the molecule is CCOC(=O)NC(=O)C(C#N)=CN(C)C. The molecule has 0 saturated heterocycles. The molecule has 15 heavy (non-hydrogen) atoms. The summed E-state index contributed by atoms with van der Waals surface area (Å²) in [6, 6.07) is 1.68. The summed E-state index contributed by atoms with van der Waals surface area (Å²) in [5, 5.41) is 10.5. The molecule has 0 radical (unpaired) electrons. The molecule has 0 heterocycles. The third-order valence-corrected chi connectivity index (χ3v) is 1.24. The molecule has 0 saturated carbocycles. The van der Waals surface area contributed by atoms with Gasteiger partial charge in [0.05, 0.1) is 6.61 Å². The summed E-state index contributed by atoms with van der Waals surface area (Å²) in [6.07, 6.45) is 0.455. The maximum absolute atomic E-state index is 11.3. The zero-order valence-corrected chi connectivity index (χ0v) is 8.90. The van der Waals surface area contributed by atoms with E-state index < -0.39 is 12.0 Å². The van der Waals surface area contributed by atoms with Crippen molar-refractivity contribution in [3.8, 4) is 6.07 Å². The second-order valence-electron chi connectivity index (χ2n) is 2.79. The molecule has 0 aliphatic carbocycles. The third kappa shape index (κ3) is 5.31. The van der Waals surface area contributed by atoms with Crippen LogP contribution in [-0.4, -0.2) is 37.6 Å². The summed E-state index contributed by atoms with van der Waals surface area (Å²) < 4.78 is 4.49. The maximum Gasteiger partial charge on any atom is 0.414 e. The lowest BCUT2D eigenvalue weighted by molar-refractivity contribution is -0.116. The van der Waals surface area contributed by atoms with Gasteiger partial charge in [-0.05, 0) is 6.92 Å². The second kappa shape index (κ2) is 6.43. The van der Waals surface area contributed by atoms with Gasteiger partial charge in [0.1, 0.15) is 11.6 Å². The number of nitrogens with one attached hydrogen (secondary N) is 1. The molecule has 0 rings (SSSR count). The van der Waals surface area contributed by atoms with Crippen molar-refractivity contribution in [3.63, 3.8) is 0 Å². The van der Waals surface area contributed by atoms with Gasteiger partial charge in [0.15, 0.2) is 0 Å². The number of rotatable bonds is 3. The van der Waals surface area contributed by atoms with E-state index in [1.807, 2.05) is 5.32 Å². The van der Waals surface area contributed by atoms with Gasteiger partial charge in [0.25, 0.3) is 5.91 Å². The predicted molar refractivity (Wildman–Crippen MR) is 52.5 cm³/mol. The molecule has 0 fully saturated rings. The molecule has 2 amide bonds. The Bertz CT molecular complexity index is 315. The van der Waals surface area contributed by atoms with Gasteiger partial charge in [0, 0.05) is 20.3 Å². The molecule has 1 N–H and O–H groups in total. The van der Waals surface area contributed by atoms with Crippen LogP contribution in [0.5, 0.6) is 0 Å². The standard InChI is InChI=1S/C9H13N3O3/c1-4-15-9(14)11-8(13)7(5-10)6-12(2)3/h6H,4H2,1-3H3,(H,11,13,14). The lowest BCUT2D eigenvalue weighted by atomic mass is 10.3. The number of amides is 2. The first-order valence-electron chi connectivity index (χ1n) is 4.27. The van der Waals surface area contributed by atoms with E-state index in [9.17, 15) is 9.59 Å². The Kier molecular flexibility index (Phi) is 5.56. The third-order valence-electron chi connectivity index (χ3n) is 1.24. The zero-order chi connectivity index (χ0) is 11.8. The fraction of sp³-hybridized carbons (Fsp3) is 0.444. The number of carbonyl (C=O) groups is 2. The Balaban J connectivity index is 4.44. The van der Waals surface area contributed by atoms with Gasteiger partial charge >= 0.3 is 6.09 Å². The van der Waals surface area contributed by atoms with Crippen LogP contribution < -0.4 is 5.32 Å². The van der Waals surface area contributed by atoms with Gasteiger partial charge in [0.2, 0.25) is 0 Å². The van der Waals surface area contributed by atoms with Crippen LogP contribution >= 0.6 is 0 Å². The van der Waals surface area contributed by atoms with Crippen molar-refractivity contribution in [2.75, 3.05) is 20.7 Å². The zero-order valence-electron chi connectivity index (χ0n) is 8.90. The summed E-state index contributed by atoms with van der Waals surface area (Å²) in [5.74, 6) is -0.773. The average molecular weight is 211 g/mol.